The van der Waals surface area contributed by atoms with Gasteiger partial charge in [-0.2, -0.15) is 0 Å². The summed E-state index contributed by atoms with van der Waals surface area (Å²) in [5.74, 6) is -0.221. The van der Waals surface area contributed by atoms with Gasteiger partial charge in [-0.25, -0.2) is 13.1 Å². The number of sulfonamides is 1. The fraction of sp³-hybridized carbons (Fsp3) is 0.562. The second-order valence-electron chi connectivity index (χ2n) is 6.36. The number of carbonyl (C=O) groups is 1. The largest absolute Gasteiger partial charge is 0.376 e. The first-order valence-corrected chi connectivity index (χ1v) is 10.3. The van der Waals surface area contributed by atoms with Crippen LogP contribution in [0.2, 0.25) is 0 Å². The Morgan fingerprint density at radius 1 is 1.38 bits per heavy atom. The first-order valence-electron chi connectivity index (χ1n) is 8.06. The zero-order chi connectivity index (χ0) is 17.3. The molecular formula is C16H21BrN2O4S. The number of carbonyl (C=O) groups excluding carboxylic acids is 1. The van der Waals surface area contributed by atoms with E-state index in [1.807, 2.05) is 0 Å². The van der Waals surface area contributed by atoms with Gasteiger partial charge in [0.1, 0.15) is 0 Å². The van der Waals surface area contributed by atoms with E-state index >= 15 is 0 Å². The third-order valence-electron chi connectivity index (χ3n) is 4.23. The SMILES string of the molecule is CN(CC1CCCO1)C(=O)c1cc(S(=O)(=O)NC2CC2)ccc1Br. The van der Waals surface area contributed by atoms with Gasteiger partial charge >= 0.3 is 0 Å². The van der Waals surface area contributed by atoms with E-state index in [0.717, 1.165) is 32.3 Å². The van der Waals surface area contributed by atoms with Crippen molar-refractivity contribution in [2.75, 3.05) is 20.2 Å². The molecule has 6 nitrogen and oxygen atoms in total. The van der Waals surface area contributed by atoms with Crippen LogP contribution in [0.1, 0.15) is 36.0 Å². The molecule has 1 atom stereocenters. The summed E-state index contributed by atoms with van der Waals surface area (Å²) in [7, 11) is -1.88. The van der Waals surface area contributed by atoms with Crippen LogP contribution in [-0.2, 0) is 14.8 Å². The summed E-state index contributed by atoms with van der Waals surface area (Å²) in [6, 6.07) is 4.57. The summed E-state index contributed by atoms with van der Waals surface area (Å²) in [6.45, 7) is 1.24. The van der Waals surface area contributed by atoms with Crippen molar-refractivity contribution in [1.29, 1.82) is 0 Å². The number of hydrogen-bond acceptors (Lipinski definition) is 4. The molecule has 1 unspecified atom stereocenters. The number of amides is 1. The normalized spacial score (nSPS) is 21.0. The van der Waals surface area contributed by atoms with Gasteiger partial charge in [0.15, 0.2) is 0 Å². The van der Waals surface area contributed by atoms with Gasteiger partial charge in [-0.15, -0.1) is 0 Å². The molecule has 1 saturated heterocycles. The molecule has 1 heterocycles. The predicted octanol–water partition coefficient (Wildman–Crippen LogP) is 2.14. The lowest BCUT2D eigenvalue weighted by Gasteiger charge is -2.21. The van der Waals surface area contributed by atoms with Gasteiger partial charge in [0.25, 0.3) is 5.91 Å². The quantitative estimate of drug-likeness (QED) is 0.770. The first-order chi connectivity index (χ1) is 11.4. The van der Waals surface area contributed by atoms with Crippen LogP contribution in [0.25, 0.3) is 0 Å². The number of benzene rings is 1. The van der Waals surface area contributed by atoms with Crippen LogP contribution in [0.4, 0.5) is 0 Å². The molecule has 0 bridgehead atoms. The first kappa shape index (κ1) is 17.8. The van der Waals surface area contributed by atoms with E-state index in [9.17, 15) is 13.2 Å². The molecule has 1 amide bonds. The Hall–Kier alpha value is -0.960. The Labute approximate surface area is 150 Å². The number of likely N-dealkylation sites (N-methyl/N-ethyl adjacent to an activating group) is 1. The molecule has 8 heteroatoms. The molecule has 1 aliphatic carbocycles. The van der Waals surface area contributed by atoms with Crippen LogP contribution in [0.3, 0.4) is 0 Å². The van der Waals surface area contributed by atoms with Crippen molar-refractivity contribution in [2.24, 2.45) is 0 Å². The fourth-order valence-corrected chi connectivity index (χ4v) is 4.45. The number of rotatable bonds is 6. The van der Waals surface area contributed by atoms with E-state index < -0.39 is 10.0 Å². The molecule has 3 rings (SSSR count). The monoisotopic (exact) mass is 416 g/mol. The number of nitrogens with one attached hydrogen (secondary N) is 1. The number of halogens is 1. The van der Waals surface area contributed by atoms with Crippen LogP contribution in [0.5, 0.6) is 0 Å². The van der Waals surface area contributed by atoms with Crippen LogP contribution in [-0.4, -0.2) is 51.6 Å². The lowest BCUT2D eigenvalue weighted by Crippen LogP contribution is -2.34. The van der Waals surface area contributed by atoms with E-state index in [1.54, 1.807) is 18.0 Å². The number of ether oxygens (including phenoxy) is 1. The van der Waals surface area contributed by atoms with Crippen molar-refractivity contribution in [3.05, 3.63) is 28.2 Å². The summed E-state index contributed by atoms with van der Waals surface area (Å²) in [5, 5.41) is 0. The molecule has 1 aromatic carbocycles. The third-order valence-corrected chi connectivity index (χ3v) is 6.44. The minimum Gasteiger partial charge on any atom is -0.376 e. The zero-order valence-corrected chi connectivity index (χ0v) is 15.9. The maximum atomic E-state index is 12.7. The zero-order valence-electron chi connectivity index (χ0n) is 13.5. The van der Waals surface area contributed by atoms with Gasteiger partial charge in [-0.3, -0.25) is 4.79 Å². The molecule has 1 N–H and O–H groups in total. The molecule has 132 valence electrons. The van der Waals surface area contributed by atoms with Crippen LogP contribution < -0.4 is 4.72 Å². The minimum absolute atomic E-state index is 0.0278. The third kappa shape index (κ3) is 4.17. The molecule has 1 aromatic rings. The highest BCUT2D eigenvalue weighted by Gasteiger charge is 2.29. The summed E-state index contributed by atoms with van der Waals surface area (Å²) in [6.07, 6.45) is 3.74. The number of nitrogens with zero attached hydrogens (tertiary/aromatic N) is 1. The molecule has 0 radical (unpaired) electrons. The molecule has 2 fully saturated rings. The second kappa shape index (κ2) is 7.11. The van der Waals surface area contributed by atoms with E-state index in [2.05, 4.69) is 20.7 Å². The van der Waals surface area contributed by atoms with Crippen LogP contribution >= 0.6 is 15.9 Å². The molecule has 1 aliphatic heterocycles. The maximum absolute atomic E-state index is 12.7. The topological polar surface area (TPSA) is 75.7 Å². The van der Waals surface area contributed by atoms with Crippen LogP contribution in [0.15, 0.2) is 27.6 Å². The van der Waals surface area contributed by atoms with Crippen molar-refractivity contribution in [1.82, 2.24) is 9.62 Å². The Morgan fingerprint density at radius 3 is 2.75 bits per heavy atom. The van der Waals surface area contributed by atoms with E-state index in [4.69, 9.17) is 4.74 Å². The van der Waals surface area contributed by atoms with E-state index in [1.165, 1.54) is 12.1 Å². The Balaban J connectivity index is 1.78. The van der Waals surface area contributed by atoms with Crippen molar-refractivity contribution in [3.63, 3.8) is 0 Å². The molecule has 1 saturated carbocycles. The van der Waals surface area contributed by atoms with Gasteiger partial charge in [0, 0.05) is 30.7 Å². The standard InChI is InChI=1S/C16H21BrN2O4S/c1-19(10-12-3-2-8-23-12)16(20)14-9-13(6-7-15(14)17)24(21,22)18-11-4-5-11/h6-7,9,11-12,18H,2-5,8,10H2,1H3. The van der Waals surface area contributed by atoms with Gasteiger partial charge in [-0.1, -0.05) is 0 Å². The summed E-state index contributed by atoms with van der Waals surface area (Å²) in [4.78, 5) is 14.4. The predicted molar refractivity (Wildman–Crippen MR) is 93.4 cm³/mol. The van der Waals surface area contributed by atoms with Gasteiger partial charge < -0.3 is 9.64 Å². The smallest absolute Gasteiger partial charge is 0.254 e. The summed E-state index contributed by atoms with van der Waals surface area (Å²) < 4.78 is 33.5. The molecule has 0 spiro atoms. The molecule has 2 aliphatic rings. The van der Waals surface area contributed by atoms with Gasteiger partial charge in [-0.05, 0) is 59.8 Å². The molecule has 0 aromatic heterocycles. The second-order valence-corrected chi connectivity index (χ2v) is 8.93. The van der Waals surface area contributed by atoms with Crippen molar-refractivity contribution >= 4 is 31.9 Å². The van der Waals surface area contributed by atoms with Crippen molar-refractivity contribution < 1.29 is 17.9 Å². The van der Waals surface area contributed by atoms with Gasteiger partial charge in [0.2, 0.25) is 10.0 Å². The Bertz CT molecular complexity index is 728. The van der Waals surface area contributed by atoms with Crippen molar-refractivity contribution in [3.8, 4) is 0 Å². The average molecular weight is 417 g/mol. The van der Waals surface area contributed by atoms with Crippen molar-refractivity contribution in [2.45, 2.75) is 42.7 Å². The summed E-state index contributed by atoms with van der Waals surface area (Å²) >= 11 is 3.35. The summed E-state index contributed by atoms with van der Waals surface area (Å²) in [5.41, 5.74) is 0.342. The van der Waals surface area contributed by atoms with E-state index in [-0.39, 0.29) is 22.9 Å². The molecular weight excluding hydrogens is 396 g/mol. The van der Waals surface area contributed by atoms with Gasteiger partial charge in [0.05, 0.1) is 16.6 Å². The highest BCUT2D eigenvalue weighted by atomic mass is 79.9. The number of hydrogen-bond donors (Lipinski definition) is 1. The van der Waals surface area contributed by atoms with E-state index in [0.29, 0.717) is 16.6 Å². The lowest BCUT2D eigenvalue weighted by molar-refractivity contribution is 0.0586. The lowest BCUT2D eigenvalue weighted by atomic mass is 10.2. The minimum atomic E-state index is -3.58. The molecule has 24 heavy (non-hydrogen) atoms. The Morgan fingerprint density at radius 2 is 2.12 bits per heavy atom. The average Bonchev–Trinajstić information content (AvgIpc) is 3.18. The fourth-order valence-electron chi connectivity index (χ4n) is 2.71. The highest BCUT2D eigenvalue weighted by molar-refractivity contribution is 9.10. The maximum Gasteiger partial charge on any atom is 0.254 e. The highest BCUT2D eigenvalue weighted by Crippen LogP contribution is 2.26. The Kier molecular flexibility index (Phi) is 5.29. The van der Waals surface area contributed by atoms with Crippen LogP contribution in [0, 0.1) is 0 Å².